The molecule has 10 heteroatoms. The first kappa shape index (κ1) is 10.8. The van der Waals surface area contributed by atoms with E-state index in [4.69, 9.17) is 5.73 Å². The molecule has 1 aromatic rings. The molecule has 0 atom stereocenters. The Balaban J connectivity index is 2.81. The Morgan fingerprint density at radius 3 is 2.47 bits per heavy atom. The van der Waals surface area contributed by atoms with Gasteiger partial charge < -0.3 is 5.73 Å². The standard InChI is InChI=1S/C5H9N6O4/c1-5(2,11(13)14)10(12)7-4-3(6)8-15-9-4/h1-2H3,(H2,6,8)(H,7,9,12)/q+1. The Morgan fingerprint density at radius 2 is 2.07 bits per heavy atom. The fraction of sp³-hybridized carbons (Fsp3) is 0.600. The van der Waals surface area contributed by atoms with Gasteiger partial charge in [-0.2, -0.15) is 0 Å². The molecule has 0 spiro atoms. The molecule has 0 saturated carbocycles. The van der Waals surface area contributed by atoms with Crippen LogP contribution < -0.4 is 11.2 Å². The summed E-state index contributed by atoms with van der Waals surface area (Å²) in [6, 6.07) is 0. The van der Waals surface area contributed by atoms with Crippen LogP contribution in [0.5, 0.6) is 0 Å². The van der Waals surface area contributed by atoms with Crippen molar-refractivity contribution in [1.29, 1.82) is 0 Å². The summed E-state index contributed by atoms with van der Waals surface area (Å²) >= 11 is 0. The van der Waals surface area contributed by atoms with Crippen molar-refractivity contribution < 1.29 is 14.4 Å². The van der Waals surface area contributed by atoms with Gasteiger partial charge in [0.15, 0.2) is 4.87 Å². The highest BCUT2D eigenvalue weighted by Crippen LogP contribution is 2.15. The van der Waals surface area contributed by atoms with E-state index in [0.29, 0.717) is 0 Å². The molecule has 0 amide bonds. The molecule has 0 fully saturated rings. The van der Waals surface area contributed by atoms with E-state index in [1.54, 1.807) is 0 Å². The molecule has 0 aliphatic heterocycles. The topological polar surface area (TPSA) is 140 Å². The number of nitrogens with zero attached hydrogens (tertiary/aromatic N) is 4. The van der Waals surface area contributed by atoms with Crippen molar-refractivity contribution in [1.82, 2.24) is 10.3 Å². The van der Waals surface area contributed by atoms with Crippen LogP contribution in [-0.4, -0.2) is 25.8 Å². The maximum Gasteiger partial charge on any atom is 0.472 e. The summed E-state index contributed by atoms with van der Waals surface area (Å²) in [5, 5.41) is 16.9. The van der Waals surface area contributed by atoms with Crippen LogP contribution in [0.1, 0.15) is 13.8 Å². The molecular formula is C5H9N6O4+. The van der Waals surface area contributed by atoms with Crippen molar-refractivity contribution in [2.24, 2.45) is 0 Å². The molecule has 15 heavy (non-hydrogen) atoms. The third-order valence-corrected chi connectivity index (χ3v) is 1.67. The van der Waals surface area contributed by atoms with Gasteiger partial charge in [-0.25, -0.2) is 4.63 Å². The minimum Gasteiger partial charge on any atom is -0.378 e. The van der Waals surface area contributed by atoms with Crippen LogP contribution in [-0.2, 0) is 0 Å². The van der Waals surface area contributed by atoms with Gasteiger partial charge in [0.1, 0.15) is 0 Å². The van der Waals surface area contributed by atoms with Gasteiger partial charge in [-0.15, -0.1) is 0 Å². The van der Waals surface area contributed by atoms with Crippen LogP contribution in [0.2, 0.25) is 0 Å². The van der Waals surface area contributed by atoms with Gasteiger partial charge in [-0.1, -0.05) is 5.43 Å². The van der Waals surface area contributed by atoms with E-state index >= 15 is 0 Å². The molecule has 0 bridgehead atoms. The number of nitro groups is 1. The molecule has 0 aliphatic rings. The predicted molar refractivity (Wildman–Crippen MR) is 47.0 cm³/mol. The third-order valence-electron chi connectivity index (χ3n) is 1.67. The summed E-state index contributed by atoms with van der Waals surface area (Å²) in [6.45, 7) is 2.24. The van der Waals surface area contributed by atoms with E-state index in [-0.39, 0.29) is 16.5 Å². The highest BCUT2D eigenvalue weighted by atomic mass is 16.6. The van der Waals surface area contributed by atoms with E-state index in [1.165, 1.54) is 0 Å². The van der Waals surface area contributed by atoms with E-state index < -0.39 is 10.6 Å². The number of nitrogen functional groups attached to an aromatic ring is 1. The zero-order valence-electron chi connectivity index (χ0n) is 8.00. The van der Waals surface area contributed by atoms with Gasteiger partial charge in [0.05, 0.1) is 23.7 Å². The fourth-order valence-electron chi connectivity index (χ4n) is 0.580. The lowest BCUT2D eigenvalue weighted by Crippen LogP contribution is -2.45. The number of aromatic nitrogens is 2. The monoisotopic (exact) mass is 217 g/mol. The Kier molecular flexibility index (Phi) is 2.51. The normalized spacial score (nSPS) is 11.1. The minimum absolute atomic E-state index is 0.00287. The Hall–Kier alpha value is -2.26. The van der Waals surface area contributed by atoms with Crippen LogP contribution in [0.25, 0.3) is 0 Å². The van der Waals surface area contributed by atoms with Crippen LogP contribution in [0.4, 0.5) is 11.6 Å². The van der Waals surface area contributed by atoms with Gasteiger partial charge in [0.25, 0.3) is 5.82 Å². The molecule has 1 heterocycles. The lowest BCUT2D eigenvalue weighted by Gasteiger charge is -2.05. The number of nitrogens with two attached hydrogens (primary N) is 1. The second kappa shape index (κ2) is 3.48. The highest BCUT2D eigenvalue weighted by molar-refractivity contribution is 5.51. The summed E-state index contributed by atoms with van der Waals surface area (Å²) in [6.07, 6.45) is 0. The minimum atomic E-state index is -1.86. The van der Waals surface area contributed by atoms with Crippen LogP contribution in [0.15, 0.2) is 4.63 Å². The predicted octanol–water partition coefficient (Wildman–Crippen LogP) is -0.230. The Bertz CT molecular complexity index is 398. The fourth-order valence-corrected chi connectivity index (χ4v) is 0.580. The molecule has 1 aromatic heterocycles. The summed E-state index contributed by atoms with van der Waals surface area (Å²) < 4.78 is 4.20. The summed E-state index contributed by atoms with van der Waals surface area (Å²) in [5.74, 6) is -0.324. The largest absolute Gasteiger partial charge is 0.472 e. The van der Waals surface area contributed by atoms with Crippen molar-refractivity contribution in [3.63, 3.8) is 0 Å². The number of hydrogen-bond donors (Lipinski definition) is 2. The number of rotatable bonds is 4. The van der Waals surface area contributed by atoms with Crippen LogP contribution in [0.3, 0.4) is 0 Å². The summed E-state index contributed by atoms with van der Waals surface area (Å²) in [7, 11) is 0. The Morgan fingerprint density at radius 1 is 1.47 bits per heavy atom. The lowest BCUT2D eigenvalue weighted by atomic mass is 10.3. The van der Waals surface area contributed by atoms with Crippen molar-refractivity contribution in [2.75, 3.05) is 11.2 Å². The zero-order valence-corrected chi connectivity index (χ0v) is 8.00. The molecule has 0 saturated heterocycles. The molecular weight excluding hydrogens is 208 g/mol. The van der Waals surface area contributed by atoms with Crippen LogP contribution in [0, 0.1) is 15.0 Å². The van der Waals surface area contributed by atoms with E-state index in [0.717, 1.165) is 13.8 Å². The van der Waals surface area contributed by atoms with E-state index in [9.17, 15) is 15.0 Å². The number of hydrogen-bond acceptors (Lipinski definition) is 7. The molecule has 0 unspecified atom stereocenters. The van der Waals surface area contributed by atoms with Gasteiger partial charge >= 0.3 is 5.66 Å². The first-order valence-electron chi connectivity index (χ1n) is 3.82. The molecule has 0 aliphatic carbocycles. The molecule has 0 aromatic carbocycles. The number of hydrazine groups is 1. The molecule has 1 rings (SSSR count). The van der Waals surface area contributed by atoms with Gasteiger partial charge in [0, 0.05) is 0 Å². The average Bonchev–Trinajstić information content (AvgIpc) is 2.51. The van der Waals surface area contributed by atoms with Gasteiger partial charge in [0.2, 0.25) is 5.82 Å². The number of nitroso groups, excluding NO2 is 1. The van der Waals surface area contributed by atoms with Gasteiger partial charge in [-0.3, -0.25) is 10.1 Å². The Labute approximate surface area is 83.1 Å². The molecule has 10 nitrogen and oxygen atoms in total. The van der Waals surface area contributed by atoms with Crippen LogP contribution >= 0.6 is 0 Å². The highest BCUT2D eigenvalue weighted by Gasteiger charge is 2.49. The first-order valence-corrected chi connectivity index (χ1v) is 3.82. The van der Waals surface area contributed by atoms with Crippen molar-refractivity contribution in [3.8, 4) is 0 Å². The molecule has 0 radical (unpaired) electrons. The lowest BCUT2D eigenvalue weighted by molar-refractivity contribution is -0.801. The maximum absolute atomic E-state index is 11.3. The van der Waals surface area contributed by atoms with Crippen molar-refractivity contribution in [3.05, 3.63) is 15.0 Å². The van der Waals surface area contributed by atoms with Crippen molar-refractivity contribution in [2.45, 2.75) is 19.5 Å². The zero-order chi connectivity index (χ0) is 11.6. The molecule has 82 valence electrons. The first-order chi connectivity index (χ1) is 6.85. The van der Waals surface area contributed by atoms with E-state index in [1.807, 2.05) is 0 Å². The third kappa shape index (κ3) is 1.98. The summed E-state index contributed by atoms with van der Waals surface area (Å²) in [5.41, 5.74) is 5.44. The second-order valence-electron chi connectivity index (χ2n) is 3.16. The van der Waals surface area contributed by atoms with E-state index in [2.05, 4.69) is 20.4 Å². The van der Waals surface area contributed by atoms with Gasteiger partial charge in [-0.05, 0) is 10.3 Å². The second-order valence-corrected chi connectivity index (χ2v) is 3.16. The maximum atomic E-state index is 11.3. The number of nitrogens with one attached hydrogen (secondary N) is 1. The quantitative estimate of drug-likeness (QED) is 0.305. The number of anilines is 2. The average molecular weight is 217 g/mol. The molecule has 3 N–H and O–H groups in total. The SMILES string of the molecule is CC(C)([N+](=O)[O-])[N+](=O)Nc1nonc1N. The van der Waals surface area contributed by atoms with Crippen molar-refractivity contribution >= 4 is 11.6 Å². The summed E-state index contributed by atoms with van der Waals surface area (Å²) in [4.78, 5) is 21.1. The smallest absolute Gasteiger partial charge is 0.378 e.